The molecule has 2 heterocycles. The van der Waals surface area contributed by atoms with Crippen molar-refractivity contribution < 1.29 is 9.90 Å². The van der Waals surface area contributed by atoms with Crippen LogP contribution >= 0.6 is 0 Å². The second kappa shape index (κ2) is 8.56. The van der Waals surface area contributed by atoms with Crippen molar-refractivity contribution in [3.05, 3.63) is 0 Å². The molecule has 0 aliphatic carbocycles. The fourth-order valence-electron chi connectivity index (χ4n) is 2.90. The zero-order valence-corrected chi connectivity index (χ0v) is 12.4. The molecule has 2 aliphatic rings. The van der Waals surface area contributed by atoms with Gasteiger partial charge in [0.25, 0.3) is 0 Å². The van der Waals surface area contributed by atoms with E-state index in [0.717, 1.165) is 71.9 Å². The highest BCUT2D eigenvalue weighted by Gasteiger charge is 2.18. The van der Waals surface area contributed by atoms with Gasteiger partial charge in [0.2, 0.25) is 5.91 Å². The van der Waals surface area contributed by atoms with Crippen LogP contribution in [0, 0.1) is 0 Å². The number of β-amino-alcohol motifs (C(OH)–C–C–N with tert-alkyl or cyclic N) is 1. The average Bonchev–Trinajstić information content (AvgIpc) is 2.50. The molecule has 0 radical (unpaired) electrons. The first-order valence-electron chi connectivity index (χ1n) is 7.83. The first kappa shape index (κ1) is 15.7. The van der Waals surface area contributed by atoms with Crippen molar-refractivity contribution in [2.75, 3.05) is 72.1 Å². The van der Waals surface area contributed by atoms with Crippen LogP contribution in [0.3, 0.4) is 0 Å². The Morgan fingerprint density at radius 3 is 2.15 bits per heavy atom. The van der Waals surface area contributed by atoms with Crippen molar-refractivity contribution >= 4 is 5.91 Å². The van der Waals surface area contributed by atoms with Gasteiger partial charge >= 0.3 is 0 Å². The van der Waals surface area contributed by atoms with E-state index in [9.17, 15) is 4.79 Å². The van der Waals surface area contributed by atoms with Gasteiger partial charge in [-0.1, -0.05) is 0 Å². The highest BCUT2D eigenvalue weighted by Crippen LogP contribution is 2.05. The number of carbonyl (C=O) groups is 1. The summed E-state index contributed by atoms with van der Waals surface area (Å²) in [6, 6.07) is 0. The maximum atomic E-state index is 12.0. The SMILES string of the molecule is O=C(CCCN1CCN(CCO)CC1)N1CCNCC1. The molecule has 6 nitrogen and oxygen atoms in total. The van der Waals surface area contributed by atoms with Crippen molar-refractivity contribution in [2.24, 2.45) is 0 Å². The van der Waals surface area contributed by atoms with Crippen molar-refractivity contribution in [3.63, 3.8) is 0 Å². The van der Waals surface area contributed by atoms with Gasteiger partial charge in [-0.05, 0) is 13.0 Å². The second-order valence-corrected chi connectivity index (χ2v) is 5.64. The van der Waals surface area contributed by atoms with Crippen LogP contribution in [0.1, 0.15) is 12.8 Å². The Bertz CT molecular complexity index is 287. The van der Waals surface area contributed by atoms with Crippen LogP contribution in [-0.2, 0) is 4.79 Å². The van der Waals surface area contributed by atoms with Gasteiger partial charge in [0.15, 0.2) is 0 Å². The van der Waals surface area contributed by atoms with Crippen LogP contribution in [-0.4, -0.2) is 97.8 Å². The summed E-state index contributed by atoms with van der Waals surface area (Å²) in [6.07, 6.45) is 1.64. The summed E-state index contributed by atoms with van der Waals surface area (Å²) in [5.41, 5.74) is 0. The lowest BCUT2D eigenvalue weighted by Crippen LogP contribution is -2.48. The van der Waals surface area contributed by atoms with E-state index < -0.39 is 0 Å². The van der Waals surface area contributed by atoms with Gasteiger partial charge in [0, 0.05) is 65.3 Å². The quantitative estimate of drug-likeness (QED) is 0.642. The highest BCUT2D eigenvalue weighted by molar-refractivity contribution is 5.76. The van der Waals surface area contributed by atoms with Crippen LogP contribution in [0.5, 0.6) is 0 Å². The number of hydrogen-bond donors (Lipinski definition) is 2. The van der Waals surface area contributed by atoms with E-state index in [-0.39, 0.29) is 6.61 Å². The lowest BCUT2D eigenvalue weighted by atomic mass is 10.2. The summed E-state index contributed by atoms with van der Waals surface area (Å²) in [5.74, 6) is 0.311. The number of carbonyl (C=O) groups excluding carboxylic acids is 1. The van der Waals surface area contributed by atoms with Crippen LogP contribution in [0.2, 0.25) is 0 Å². The largest absolute Gasteiger partial charge is 0.395 e. The first-order valence-corrected chi connectivity index (χ1v) is 7.83. The van der Waals surface area contributed by atoms with Gasteiger partial charge in [-0.15, -0.1) is 0 Å². The molecule has 2 fully saturated rings. The molecule has 0 unspecified atom stereocenters. The molecule has 116 valence electrons. The van der Waals surface area contributed by atoms with Crippen LogP contribution in [0.15, 0.2) is 0 Å². The molecule has 0 aromatic carbocycles. The predicted octanol–water partition coefficient (Wildman–Crippen LogP) is -1.19. The summed E-state index contributed by atoms with van der Waals surface area (Å²) in [6.45, 7) is 9.82. The monoisotopic (exact) mass is 284 g/mol. The maximum Gasteiger partial charge on any atom is 0.222 e. The van der Waals surface area contributed by atoms with E-state index in [0.29, 0.717) is 12.3 Å². The van der Waals surface area contributed by atoms with E-state index in [2.05, 4.69) is 15.1 Å². The third-order valence-corrected chi connectivity index (χ3v) is 4.22. The van der Waals surface area contributed by atoms with Crippen LogP contribution < -0.4 is 5.32 Å². The van der Waals surface area contributed by atoms with E-state index in [1.807, 2.05) is 4.90 Å². The molecule has 0 spiro atoms. The van der Waals surface area contributed by atoms with Crippen molar-refractivity contribution in [1.82, 2.24) is 20.0 Å². The molecule has 0 saturated carbocycles. The Morgan fingerprint density at radius 1 is 0.950 bits per heavy atom. The topological polar surface area (TPSA) is 59.1 Å². The van der Waals surface area contributed by atoms with Gasteiger partial charge in [-0.3, -0.25) is 9.69 Å². The van der Waals surface area contributed by atoms with Crippen LogP contribution in [0.25, 0.3) is 0 Å². The van der Waals surface area contributed by atoms with E-state index in [1.54, 1.807) is 0 Å². The Hall–Kier alpha value is -0.690. The number of hydrogen-bond acceptors (Lipinski definition) is 5. The number of rotatable bonds is 6. The molecule has 2 aliphatic heterocycles. The minimum atomic E-state index is 0.249. The molecule has 0 aromatic heterocycles. The standard InChI is InChI=1S/C14H28N4O2/c19-13-12-17-10-8-16(9-11-17)5-1-2-14(20)18-6-3-15-4-7-18/h15,19H,1-13H2. The summed E-state index contributed by atoms with van der Waals surface area (Å²) >= 11 is 0. The fraction of sp³-hybridized carbons (Fsp3) is 0.929. The number of amides is 1. The smallest absolute Gasteiger partial charge is 0.222 e. The number of piperazine rings is 2. The molecule has 2 rings (SSSR count). The molecular formula is C14H28N4O2. The lowest BCUT2D eigenvalue weighted by molar-refractivity contribution is -0.131. The summed E-state index contributed by atoms with van der Waals surface area (Å²) < 4.78 is 0. The fourth-order valence-corrected chi connectivity index (χ4v) is 2.90. The second-order valence-electron chi connectivity index (χ2n) is 5.64. The minimum Gasteiger partial charge on any atom is -0.395 e. The third kappa shape index (κ3) is 5.01. The zero-order chi connectivity index (χ0) is 14.2. The predicted molar refractivity (Wildman–Crippen MR) is 78.6 cm³/mol. The zero-order valence-electron chi connectivity index (χ0n) is 12.4. The Balaban J connectivity index is 1.56. The maximum absolute atomic E-state index is 12.0. The van der Waals surface area contributed by atoms with Crippen molar-refractivity contribution in [1.29, 1.82) is 0 Å². The number of aliphatic hydroxyl groups is 1. The molecule has 20 heavy (non-hydrogen) atoms. The Morgan fingerprint density at radius 2 is 1.55 bits per heavy atom. The van der Waals surface area contributed by atoms with Crippen LogP contribution in [0.4, 0.5) is 0 Å². The molecule has 0 atom stereocenters. The van der Waals surface area contributed by atoms with Gasteiger partial charge in [0.1, 0.15) is 0 Å². The van der Waals surface area contributed by atoms with Gasteiger partial charge in [0.05, 0.1) is 6.61 Å². The minimum absolute atomic E-state index is 0.249. The number of aliphatic hydroxyl groups excluding tert-OH is 1. The van der Waals surface area contributed by atoms with E-state index >= 15 is 0 Å². The first-order chi connectivity index (χ1) is 9.79. The number of nitrogens with one attached hydrogen (secondary N) is 1. The summed E-state index contributed by atoms with van der Waals surface area (Å²) in [4.78, 5) is 18.7. The Labute approximate surface area is 121 Å². The average molecular weight is 284 g/mol. The molecule has 6 heteroatoms. The van der Waals surface area contributed by atoms with Crippen molar-refractivity contribution in [3.8, 4) is 0 Å². The van der Waals surface area contributed by atoms with E-state index in [1.165, 1.54) is 0 Å². The third-order valence-electron chi connectivity index (χ3n) is 4.22. The van der Waals surface area contributed by atoms with Gasteiger partial charge < -0.3 is 20.2 Å². The molecule has 2 N–H and O–H groups in total. The molecule has 0 bridgehead atoms. The number of nitrogens with zero attached hydrogens (tertiary/aromatic N) is 3. The molecule has 2 saturated heterocycles. The summed E-state index contributed by atoms with van der Waals surface area (Å²) in [7, 11) is 0. The van der Waals surface area contributed by atoms with Crippen molar-refractivity contribution in [2.45, 2.75) is 12.8 Å². The highest BCUT2D eigenvalue weighted by atomic mass is 16.3. The van der Waals surface area contributed by atoms with E-state index in [4.69, 9.17) is 5.11 Å². The Kier molecular flexibility index (Phi) is 6.72. The molecular weight excluding hydrogens is 256 g/mol. The summed E-state index contributed by atoms with van der Waals surface area (Å²) in [5, 5.41) is 12.2. The van der Waals surface area contributed by atoms with Gasteiger partial charge in [-0.2, -0.15) is 0 Å². The molecule has 1 amide bonds. The lowest BCUT2D eigenvalue weighted by Gasteiger charge is -2.34. The van der Waals surface area contributed by atoms with Gasteiger partial charge in [-0.25, -0.2) is 0 Å². The molecule has 0 aromatic rings. The normalized spacial score (nSPS) is 22.1.